The van der Waals surface area contributed by atoms with Crippen molar-refractivity contribution in [3.05, 3.63) is 0 Å². The Labute approximate surface area is 312 Å². The van der Waals surface area contributed by atoms with Gasteiger partial charge in [-0.3, -0.25) is 4.79 Å². The molecule has 0 aromatic heterocycles. The molecule has 19 atom stereocenters. The summed E-state index contributed by atoms with van der Waals surface area (Å²) in [6, 6.07) is -0.958. The van der Waals surface area contributed by atoms with Gasteiger partial charge in [-0.1, -0.05) is 41.0 Å². The van der Waals surface area contributed by atoms with Crippen LogP contribution in [0.2, 0.25) is 0 Å². The molecule has 0 aliphatic carbocycles. The number of carbonyl (C=O) groups is 1. The number of cyclic esters (lactones) is 1. The molecular weight excluding hydrogens is 676 g/mol. The third-order valence-electron chi connectivity index (χ3n) is 11.5. The Bertz CT molecular complexity index is 1080. The van der Waals surface area contributed by atoms with Gasteiger partial charge in [-0.25, -0.2) is 0 Å². The van der Waals surface area contributed by atoms with Crippen LogP contribution in [0.4, 0.5) is 0 Å². The van der Waals surface area contributed by atoms with Crippen LogP contribution < -0.4 is 5.73 Å². The van der Waals surface area contributed by atoms with Gasteiger partial charge < -0.3 is 64.6 Å². The van der Waals surface area contributed by atoms with Crippen molar-refractivity contribution in [2.24, 2.45) is 29.4 Å². The summed E-state index contributed by atoms with van der Waals surface area (Å²) in [4.78, 5) is 15.7. The van der Waals surface area contributed by atoms with Crippen LogP contribution in [0, 0.1) is 23.7 Å². The minimum atomic E-state index is -1.64. The Morgan fingerprint density at radius 1 is 0.865 bits per heavy atom. The first-order valence-electron chi connectivity index (χ1n) is 19.2. The van der Waals surface area contributed by atoms with Crippen LogP contribution in [-0.2, 0) is 33.2 Å². The molecule has 8 unspecified atom stereocenters. The van der Waals surface area contributed by atoms with Crippen molar-refractivity contribution < 1.29 is 58.7 Å². The summed E-state index contributed by atoms with van der Waals surface area (Å²) in [5.74, 6) is -3.51. The third kappa shape index (κ3) is 11.3. The lowest BCUT2D eigenvalue weighted by Crippen LogP contribution is -2.61. The molecule has 0 radical (unpaired) electrons. The molecule has 0 spiro atoms. The number of esters is 1. The minimum Gasteiger partial charge on any atom is -0.460 e. The van der Waals surface area contributed by atoms with Crippen molar-refractivity contribution in [2.45, 2.75) is 193 Å². The van der Waals surface area contributed by atoms with E-state index in [1.807, 2.05) is 32.8 Å². The van der Waals surface area contributed by atoms with Gasteiger partial charge in [0.15, 0.2) is 12.6 Å². The number of carbonyl (C=O) groups excluding carboxylic acids is 1. The second kappa shape index (κ2) is 19.7. The lowest BCUT2D eigenvalue weighted by Gasteiger charge is -2.49. The number of methoxy groups -OCH3 is 1. The average molecular weight is 751 g/mol. The van der Waals surface area contributed by atoms with E-state index in [9.17, 15) is 30.3 Å². The fourth-order valence-corrected chi connectivity index (χ4v) is 8.01. The Morgan fingerprint density at radius 2 is 1.44 bits per heavy atom. The second-order valence-corrected chi connectivity index (χ2v) is 16.6. The predicted octanol–water partition coefficient (Wildman–Crippen LogP) is 2.18. The van der Waals surface area contributed by atoms with E-state index < -0.39 is 102 Å². The Hall–Kier alpha value is -1.01. The van der Waals surface area contributed by atoms with E-state index in [0.717, 1.165) is 0 Å². The van der Waals surface area contributed by atoms with Gasteiger partial charge in [0.2, 0.25) is 0 Å². The summed E-state index contributed by atoms with van der Waals surface area (Å²) in [5, 5.41) is 56.8. The lowest BCUT2D eigenvalue weighted by atomic mass is 9.74. The summed E-state index contributed by atoms with van der Waals surface area (Å²) < 4.78 is 36.9. The largest absolute Gasteiger partial charge is 0.460 e. The SMILES string of the molecule is CCC.COC1(C)CC(O[C@H]2[C@H](C)[C@@H](OC3OC(C)CC(N(C)C)C3O)[C@](C)(O)C[C@@H](C)[C@@H](N)[C@H](C)[C@@H](O)[C@H](O)[C@@H](C)OC(=O)[C@@H]2C)OC(C)C1O. The number of rotatable bonds is 6. The number of nitrogens with two attached hydrogens (primary N) is 1. The van der Waals surface area contributed by atoms with Gasteiger partial charge in [-0.2, -0.15) is 0 Å². The molecule has 308 valence electrons. The van der Waals surface area contributed by atoms with Crippen molar-refractivity contribution in [3.63, 3.8) is 0 Å². The maximum absolute atomic E-state index is 13.8. The van der Waals surface area contributed by atoms with E-state index in [2.05, 4.69) is 13.8 Å². The van der Waals surface area contributed by atoms with Crippen LogP contribution in [0.3, 0.4) is 0 Å². The maximum Gasteiger partial charge on any atom is 0.311 e. The Balaban J connectivity index is 0.00000301. The zero-order valence-electron chi connectivity index (χ0n) is 34.3. The zero-order valence-corrected chi connectivity index (χ0v) is 34.3. The monoisotopic (exact) mass is 751 g/mol. The fraction of sp³-hybridized carbons (Fsp3) is 0.974. The van der Waals surface area contributed by atoms with Gasteiger partial charge in [0, 0.05) is 37.5 Å². The van der Waals surface area contributed by atoms with Crippen LogP contribution in [0.25, 0.3) is 0 Å². The molecule has 3 heterocycles. The van der Waals surface area contributed by atoms with Gasteiger partial charge in [-0.15, -0.1) is 0 Å². The zero-order chi connectivity index (χ0) is 40.0. The van der Waals surface area contributed by atoms with Gasteiger partial charge in [0.25, 0.3) is 0 Å². The molecule has 7 N–H and O–H groups in total. The molecule has 3 rings (SSSR count). The topological polar surface area (TPSA) is 203 Å². The van der Waals surface area contributed by atoms with Gasteiger partial charge in [-0.05, 0) is 74.4 Å². The number of nitrogens with zero attached hydrogens (tertiary/aromatic N) is 1. The van der Waals surface area contributed by atoms with E-state index in [4.69, 9.17) is 34.2 Å². The smallest absolute Gasteiger partial charge is 0.311 e. The summed E-state index contributed by atoms with van der Waals surface area (Å²) in [7, 11) is 5.23. The highest BCUT2D eigenvalue weighted by atomic mass is 16.7. The van der Waals surface area contributed by atoms with Crippen LogP contribution in [0.5, 0.6) is 0 Å². The van der Waals surface area contributed by atoms with Gasteiger partial charge >= 0.3 is 5.97 Å². The molecule has 0 aromatic carbocycles. The molecule has 52 heavy (non-hydrogen) atoms. The summed E-state index contributed by atoms with van der Waals surface area (Å²) >= 11 is 0. The molecule has 14 heteroatoms. The molecule has 3 fully saturated rings. The van der Waals surface area contributed by atoms with Crippen molar-refractivity contribution in [1.29, 1.82) is 0 Å². The number of hydrogen-bond donors (Lipinski definition) is 6. The van der Waals surface area contributed by atoms with E-state index in [1.54, 1.807) is 41.5 Å². The first-order valence-corrected chi connectivity index (χ1v) is 19.2. The summed E-state index contributed by atoms with van der Waals surface area (Å²) in [5.41, 5.74) is 3.97. The fourth-order valence-electron chi connectivity index (χ4n) is 8.01. The highest BCUT2D eigenvalue weighted by Gasteiger charge is 2.52. The van der Waals surface area contributed by atoms with Crippen LogP contribution in [-0.4, -0.2) is 148 Å². The maximum atomic E-state index is 13.8. The third-order valence-corrected chi connectivity index (χ3v) is 11.5. The number of ether oxygens (including phenoxy) is 6. The summed E-state index contributed by atoms with van der Waals surface area (Å²) in [6.07, 6.45) is -8.95. The molecule has 0 amide bonds. The van der Waals surface area contributed by atoms with Crippen molar-refractivity contribution >= 4 is 5.97 Å². The lowest BCUT2D eigenvalue weighted by molar-refractivity contribution is -0.318. The average Bonchev–Trinajstić information content (AvgIpc) is 3.07. The highest BCUT2D eigenvalue weighted by molar-refractivity contribution is 5.73. The molecule has 0 saturated carbocycles. The summed E-state index contributed by atoms with van der Waals surface area (Å²) in [6.45, 7) is 19.7. The molecule has 0 bridgehead atoms. The molecule has 3 saturated heterocycles. The van der Waals surface area contributed by atoms with Crippen LogP contribution in [0.15, 0.2) is 0 Å². The molecular formula is C38H74N2O12. The van der Waals surface area contributed by atoms with Crippen LogP contribution in [0.1, 0.15) is 102 Å². The van der Waals surface area contributed by atoms with E-state index >= 15 is 0 Å². The Kier molecular flexibility index (Phi) is 17.9. The number of hydrogen-bond acceptors (Lipinski definition) is 14. The predicted molar refractivity (Wildman–Crippen MR) is 196 cm³/mol. The number of aliphatic hydroxyl groups is 5. The first-order chi connectivity index (χ1) is 24.0. The van der Waals surface area contributed by atoms with Crippen molar-refractivity contribution in [1.82, 2.24) is 4.90 Å². The first kappa shape index (κ1) is 47.1. The van der Waals surface area contributed by atoms with E-state index in [1.165, 1.54) is 20.5 Å². The van der Waals surface area contributed by atoms with Crippen molar-refractivity contribution in [3.8, 4) is 0 Å². The molecule has 3 aliphatic heterocycles. The van der Waals surface area contributed by atoms with E-state index in [0.29, 0.717) is 6.42 Å². The van der Waals surface area contributed by atoms with Gasteiger partial charge in [0.05, 0.1) is 47.6 Å². The second-order valence-electron chi connectivity index (χ2n) is 16.6. The quantitative estimate of drug-likeness (QED) is 0.216. The standard InChI is InChI=1S/C35H66N2O12.C3H8/c1-16-14-34(8,43)31(49-33-28(40)23(37(10)11)13-17(2)45-33)19(4)29(48-24-15-35(9,44-12)30(41)22(7)46-24)20(5)32(42)47-21(6)27(39)26(38)18(3)25(16)36;1-3-2/h16-31,33,38-41,43H,13-15,36H2,1-12H3;3H2,1-2H3/t16-,17?,18+,19+,20-,21-,22?,23?,24?,25-,26-,27-,28?,29+,30?,31-,33?,34-,35?;/m1./s1. The molecule has 0 aromatic rings. The van der Waals surface area contributed by atoms with Gasteiger partial charge in [0.1, 0.15) is 24.4 Å². The number of aliphatic hydroxyl groups excluding tert-OH is 4. The molecule has 14 nitrogen and oxygen atoms in total. The molecule has 3 aliphatic rings. The highest BCUT2D eigenvalue weighted by Crippen LogP contribution is 2.40. The number of likely N-dealkylation sites (N-methyl/N-ethyl adjacent to an activating group) is 1. The minimum absolute atomic E-state index is 0.0950. The van der Waals surface area contributed by atoms with E-state index in [-0.39, 0.29) is 30.9 Å². The normalized spacial score (nSPS) is 48.6. The Morgan fingerprint density at radius 3 is 1.98 bits per heavy atom. The van der Waals surface area contributed by atoms with Crippen molar-refractivity contribution in [2.75, 3.05) is 21.2 Å². The van der Waals surface area contributed by atoms with Crippen LogP contribution >= 0.6 is 0 Å².